The fourth-order valence-corrected chi connectivity index (χ4v) is 3.07. The average Bonchev–Trinajstić information content (AvgIpc) is 2.85. The van der Waals surface area contributed by atoms with Crippen molar-refractivity contribution >= 4 is 17.4 Å². The van der Waals surface area contributed by atoms with Gasteiger partial charge in [0, 0.05) is 50.0 Å². The van der Waals surface area contributed by atoms with Crippen LogP contribution in [0, 0.1) is 0 Å². The normalized spacial score (nSPS) is 10.4. The molecule has 0 aliphatic rings. The number of ether oxygens (including phenoxy) is 1. The number of benzene rings is 1. The van der Waals surface area contributed by atoms with E-state index in [-0.39, 0.29) is 11.8 Å². The first kappa shape index (κ1) is 21.0. The van der Waals surface area contributed by atoms with Crippen molar-refractivity contribution in [2.45, 2.75) is 6.42 Å². The summed E-state index contributed by atoms with van der Waals surface area (Å²) < 4.78 is 5.93. The minimum atomic E-state index is -0.155. The molecule has 0 unspecified atom stereocenters. The molecule has 7 heteroatoms. The molecule has 0 aliphatic carbocycles. The molecule has 1 amide bonds. The van der Waals surface area contributed by atoms with Gasteiger partial charge in [0.25, 0.3) is 5.91 Å². The molecule has 160 valence electrons. The quantitative estimate of drug-likeness (QED) is 0.440. The summed E-state index contributed by atoms with van der Waals surface area (Å²) in [6.45, 7) is 0.540. The standard InChI is InChI=1S/C25H23N5O2/c1-30(18-14-19-7-2-4-15-26-19)25(31)22-8-6-17-28-24(22)32-21-12-10-20(11-13-21)29-23-9-3-5-16-27-23/h2-13,15-17H,14,18H2,1H3,(H,27,29). The Balaban J connectivity index is 1.42. The molecule has 32 heavy (non-hydrogen) atoms. The number of amides is 1. The smallest absolute Gasteiger partial charge is 0.259 e. The Kier molecular flexibility index (Phi) is 6.67. The van der Waals surface area contributed by atoms with Gasteiger partial charge in [0.1, 0.15) is 17.1 Å². The summed E-state index contributed by atoms with van der Waals surface area (Å²) in [7, 11) is 1.76. The maximum Gasteiger partial charge on any atom is 0.259 e. The van der Waals surface area contributed by atoms with Crippen LogP contribution in [-0.4, -0.2) is 39.4 Å². The number of likely N-dealkylation sites (N-methyl/N-ethyl adjacent to an activating group) is 1. The highest BCUT2D eigenvalue weighted by atomic mass is 16.5. The van der Waals surface area contributed by atoms with Gasteiger partial charge in [0.15, 0.2) is 0 Å². The summed E-state index contributed by atoms with van der Waals surface area (Å²) in [5, 5.41) is 3.22. The van der Waals surface area contributed by atoms with E-state index in [4.69, 9.17) is 4.74 Å². The maximum absolute atomic E-state index is 13.0. The molecule has 0 saturated heterocycles. The first-order chi connectivity index (χ1) is 15.7. The minimum absolute atomic E-state index is 0.155. The summed E-state index contributed by atoms with van der Waals surface area (Å²) in [6.07, 6.45) is 5.76. The van der Waals surface area contributed by atoms with Gasteiger partial charge in [-0.1, -0.05) is 12.1 Å². The molecule has 0 fully saturated rings. The number of nitrogens with zero attached hydrogens (tertiary/aromatic N) is 4. The predicted octanol–water partition coefficient (Wildman–Crippen LogP) is 4.72. The fraction of sp³-hybridized carbons (Fsp3) is 0.120. The molecule has 7 nitrogen and oxygen atoms in total. The second-order valence-corrected chi connectivity index (χ2v) is 7.12. The van der Waals surface area contributed by atoms with Gasteiger partial charge in [0.2, 0.25) is 5.88 Å². The van der Waals surface area contributed by atoms with Crippen molar-refractivity contribution in [3.63, 3.8) is 0 Å². The topological polar surface area (TPSA) is 80.2 Å². The van der Waals surface area contributed by atoms with Crippen LogP contribution in [0.2, 0.25) is 0 Å². The summed E-state index contributed by atoms with van der Waals surface area (Å²) in [5.41, 5.74) is 2.23. The van der Waals surface area contributed by atoms with Crippen LogP contribution in [0.3, 0.4) is 0 Å². The van der Waals surface area contributed by atoms with E-state index >= 15 is 0 Å². The Bertz CT molecular complexity index is 1150. The second-order valence-electron chi connectivity index (χ2n) is 7.12. The summed E-state index contributed by atoms with van der Waals surface area (Å²) in [6, 6.07) is 22.3. The van der Waals surface area contributed by atoms with Crippen LogP contribution in [0.5, 0.6) is 11.6 Å². The molecule has 0 bridgehead atoms. The van der Waals surface area contributed by atoms with Gasteiger partial charge in [-0.15, -0.1) is 0 Å². The number of carbonyl (C=O) groups excluding carboxylic acids is 1. The zero-order chi connectivity index (χ0) is 22.2. The van der Waals surface area contributed by atoms with Crippen LogP contribution in [-0.2, 0) is 6.42 Å². The average molecular weight is 425 g/mol. The van der Waals surface area contributed by atoms with E-state index in [0.717, 1.165) is 17.2 Å². The molecule has 1 aromatic carbocycles. The Labute approximate surface area is 186 Å². The van der Waals surface area contributed by atoms with Crippen LogP contribution in [0.25, 0.3) is 0 Å². The largest absolute Gasteiger partial charge is 0.438 e. The predicted molar refractivity (Wildman–Crippen MR) is 123 cm³/mol. The lowest BCUT2D eigenvalue weighted by atomic mass is 10.2. The Morgan fingerprint density at radius 1 is 0.875 bits per heavy atom. The van der Waals surface area contributed by atoms with Crippen molar-refractivity contribution in [1.82, 2.24) is 19.9 Å². The number of hydrogen-bond donors (Lipinski definition) is 1. The SMILES string of the molecule is CN(CCc1ccccn1)C(=O)c1cccnc1Oc1ccc(Nc2ccccn2)cc1. The molecule has 3 heterocycles. The van der Waals surface area contributed by atoms with Crippen molar-refractivity contribution in [2.75, 3.05) is 18.9 Å². The lowest BCUT2D eigenvalue weighted by Crippen LogP contribution is -2.29. The van der Waals surface area contributed by atoms with E-state index in [1.54, 1.807) is 42.7 Å². The van der Waals surface area contributed by atoms with Crippen molar-refractivity contribution in [3.05, 3.63) is 103 Å². The number of nitrogens with one attached hydrogen (secondary N) is 1. The molecular formula is C25H23N5O2. The maximum atomic E-state index is 13.0. The molecule has 4 rings (SSSR count). The molecule has 0 radical (unpaired) electrons. The van der Waals surface area contributed by atoms with Gasteiger partial charge in [-0.3, -0.25) is 9.78 Å². The van der Waals surface area contributed by atoms with Crippen LogP contribution in [0.1, 0.15) is 16.1 Å². The van der Waals surface area contributed by atoms with Gasteiger partial charge in [0.05, 0.1) is 0 Å². The highest BCUT2D eigenvalue weighted by Crippen LogP contribution is 2.26. The van der Waals surface area contributed by atoms with Crippen LogP contribution in [0.15, 0.2) is 91.4 Å². The minimum Gasteiger partial charge on any atom is -0.438 e. The van der Waals surface area contributed by atoms with Crippen LogP contribution in [0.4, 0.5) is 11.5 Å². The summed E-state index contributed by atoms with van der Waals surface area (Å²) in [4.78, 5) is 27.5. The second kappa shape index (κ2) is 10.2. The van der Waals surface area contributed by atoms with E-state index < -0.39 is 0 Å². The van der Waals surface area contributed by atoms with Crippen molar-refractivity contribution in [2.24, 2.45) is 0 Å². The van der Waals surface area contributed by atoms with E-state index in [1.807, 2.05) is 60.7 Å². The third-order valence-corrected chi connectivity index (χ3v) is 4.78. The zero-order valence-electron chi connectivity index (χ0n) is 17.7. The van der Waals surface area contributed by atoms with Gasteiger partial charge >= 0.3 is 0 Å². The first-order valence-corrected chi connectivity index (χ1v) is 10.3. The third-order valence-electron chi connectivity index (χ3n) is 4.78. The van der Waals surface area contributed by atoms with Crippen LogP contribution >= 0.6 is 0 Å². The number of pyridine rings is 3. The molecule has 3 aromatic heterocycles. The molecule has 0 spiro atoms. The summed E-state index contributed by atoms with van der Waals surface area (Å²) >= 11 is 0. The molecule has 0 aliphatic heterocycles. The van der Waals surface area contributed by atoms with E-state index in [1.165, 1.54) is 0 Å². The monoisotopic (exact) mass is 425 g/mol. The number of carbonyl (C=O) groups is 1. The first-order valence-electron chi connectivity index (χ1n) is 10.3. The molecule has 0 saturated carbocycles. The number of aromatic nitrogens is 3. The summed E-state index contributed by atoms with van der Waals surface area (Å²) in [5.74, 6) is 1.46. The Hall–Kier alpha value is -4.26. The molecular weight excluding hydrogens is 402 g/mol. The third kappa shape index (κ3) is 5.46. The Morgan fingerprint density at radius 2 is 1.62 bits per heavy atom. The van der Waals surface area contributed by atoms with E-state index in [2.05, 4.69) is 20.3 Å². The van der Waals surface area contributed by atoms with Crippen LogP contribution < -0.4 is 10.1 Å². The van der Waals surface area contributed by atoms with Gasteiger partial charge in [-0.25, -0.2) is 9.97 Å². The van der Waals surface area contributed by atoms with Gasteiger partial charge in [-0.2, -0.15) is 0 Å². The van der Waals surface area contributed by atoms with Gasteiger partial charge in [-0.05, 0) is 60.7 Å². The number of anilines is 2. The highest BCUT2D eigenvalue weighted by molar-refractivity contribution is 5.96. The number of rotatable bonds is 8. The lowest BCUT2D eigenvalue weighted by molar-refractivity contribution is 0.0793. The fourth-order valence-electron chi connectivity index (χ4n) is 3.07. The molecule has 0 atom stereocenters. The Morgan fingerprint density at radius 3 is 2.34 bits per heavy atom. The van der Waals surface area contributed by atoms with Gasteiger partial charge < -0.3 is 15.0 Å². The molecule has 1 N–H and O–H groups in total. The van der Waals surface area contributed by atoms with Crippen molar-refractivity contribution in [1.29, 1.82) is 0 Å². The highest BCUT2D eigenvalue weighted by Gasteiger charge is 2.18. The van der Waals surface area contributed by atoms with E-state index in [0.29, 0.717) is 24.3 Å². The number of hydrogen-bond acceptors (Lipinski definition) is 6. The van der Waals surface area contributed by atoms with E-state index in [9.17, 15) is 4.79 Å². The zero-order valence-corrected chi connectivity index (χ0v) is 17.7. The lowest BCUT2D eigenvalue weighted by Gasteiger charge is -2.18. The molecule has 4 aromatic rings. The van der Waals surface area contributed by atoms with Crippen molar-refractivity contribution < 1.29 is 9.53 Å². The van der Waals surface area contributed by atoms with Crippen molar-refractivity contribution in [3.8, 4) is 11.6 Å².